The summed E-state index contributed by atoms with van der Waals surface area (Å²) in [7, 11) is 1.71. The predicted molar refractivity (Wildman–Crippen MR) is 102 cm³/mol. The summed E-state index contributed by atoms with van der Waals surface area (Å²) in [6.45, 7) is 1.83. The highest BCUT2D eigenvalue weighted by molar-refractivity contribution is 5.96. The minimum absolute atomic E-state index is 0.0397. The van der Waals surface area contributed by atoms with E-state index >= 15 is 0 Å². The molecule has 1 atom stereocenters. The Labute approximate surface area is 152 Å². The zero-order chi connectivity index (χ0) is 19.1. The Balaban J connectivity index is 1.84. The number of nitrogens with two attached hydrogens (primary N) is 1. The number of hydrogen-bond donors (Lipinski definition) is 4. The largest absolute Gasteiger partial charge is 0.384 e. The molecule has 26 heavy (non-hydrogen) atoms. The van der Waals surface area contributed by atoms with Crippen molar-refractivity contribution in [3.8, 4) is 0 Å². The molecule has 7 nitrogen and oxygen atoms in total. The van der Waals surface area contributed by atoms with Crippen LogP contribution in [0.15, 0.2) is 54.6 Å². The van der Waals surface area contributed by atoms with Gasteiger partial charge < -0.3 is 21.3 Å². The van der Waals surface area contributed by atoms with E-state index in [1.54, 1.807) is 36.2 Å². The van der Waals surface area contributed by atoms with Crippen molar-refractivity contribution in [1.82, 2.24) is 10.2 Å². The Kier molecular flexibility index (Phi) is 6.32. The molecule has 0 bridgehead atoms. The van der Waals surface area contributed by atoms with Gasteiger partial charge in [0.15, 0.2) is 0 Å². The highest BCUT2D eigenvalue weighted by Gasteiger charge is 2.17. The molecule has 5 N–H and O–H groups in total. The molecule has 0 heterocycles. The molecule has 0 aliphatic rings. The number of carbonyl (C=O) groups excluding carboxylic acids is 2. The fourth-order valence-corrected chi connectivity index (χ4v) is 2.36. The van der Waals surface area contributed by atoms with Crippen LogP contribution in [0.2, 0.25) is 0 Å². The zero-order valence-corrected chi connectivity index (χ0v) is 14.8. The van der Waals surface area contributed by atoms with Gasteiger partial charge in [-0.05, 0) is 36.8 Å². The summed E-state index contributed by atoms with van der Waals surface area (Å²) >= 11 is 0. The van der Waals surface area contributed by atoms with Crippen LogP contribution < -0.4 is 16.4 Å². The van der Waals surface area contributed by atoms with E-state index < -0.39 is 6.03 Å². The molecule has 3 amide bonds. The minimum Gasteiger partial charge on any atom is -0.384 e. The van der Waals surface area contributed by atoms with E-state index in [2.05, 4.69) is 10.6 Å². The number of nitrogens with one attached hydrogen (secondary N) is 3. The number of amides is 3. The first-order valence-electron chi connectivity index (χ1n) is 8.18. The first-order valence-corrected chi connectivity index (χ1v) is 8.18. The van der Waals surface area contributed by atoms with Crippen molar-refractivity contribution < 1.29 is 9.59 Å². The summed E-state index contributed by atoms with van der Waals surface area (Å²) in [5, 5.41) is 12.5. The van der Waals surface area contributed by atoms with Gasteiger partial charge in [0.05, 0.1) is 12.6 Å². The summed E-state index contributed by atoms with van der Waals surface area (Å²) in [5.41, 5.74) is 7.53. The van der Waals surface area contributed by atoms with Crippen LogP contribution >= 0.6 is 0 Å². The topological polar surface area (TPSA) is 111 Å². The molecule has 0 aliphatic carbocycles. The molecule has 0 spiro atoms. The van der Waals surface area contributed by atoms with E-state index in [1.807, 2.05) is 37.3 Å². The molecule has 2 rings (SSSR count). The van der Waals surface area contributed by atoms with Crippen molar-refractivity contribution in [2.75, 3.05) is 18.9 Å². The molecular formula is C19H23N5O2. The molecule has 136 valence electrons. The van der Waals surface area contributed by atoms with Gasteiger partial charge in [0, 0.05) is 18.3 Å². The van der Waals surface area contributed by atoms with Gasteiger partial charge in [0.1, 0.15) is 5.84 Å². The van der Waals surface area contributed by atoms with Crippen LogP contribution in [-0.4, -0.2) is 36.3 Å². The molecule has 0 aliphatic heterocycles. The van der Waals surface area contributed by atoms with E-state index in [0.717, 1.165) is 5.56 Å². The number of likely N-dealkylation sites (N-methyl/N-ethyl adjacent to an activating group) is 1. The van der Waals surface area contributed by atoms with E-state index in [0.29, 0.717) is 11.3 Å². The van der Waals surface area contributed by atoms with Crippen LogP contribution in [0.3, 0.4) is 0 Å². The average molecular weight is 353 g/mol. The quantitative estimate of drug-likeness (QED) is 0.472. The monoisotopic (exact) mass is 353 g/mol. The summed E-state index contributed by atoms with van der Waals surface area (Å²) in [6, 6.07) is 15.7. The molecule has 2 aromatic rings. The van der Waals surface area contributed by atoms with Crippen molar-refractivity contribution in [2.45, 2.75) is 13.0 Å². The van der Waals surface area contributed by atoms with E-state index in [-0.39, 0.29) is 24.3 Å². The number of carbonyl (C=O) groups is 2. The number of benzene rings is 2. The van der Waals surface area contributed by atoms with Gasteiger partial charge in [0.25, 0.3) is 0 Å². The fourth-order valence-electron chi connectivity index (χ4n) is 2.36. The molecule has 0 radical (unpaired) electrons. The number of hydrogen-bond acceptors (Lipinski definition) is 3. The third kappa shape index (κ3) is 5.07. The third-order valence-electron chi connectivity index (χ3n) is 4.11. The molecule has 7 heteroatoms. The zero-order valence-electron chi connectivity index (χ0n) is 14.8. The van der Waals surface area contributed by atoms with Gasteiger partial charge >= 0.3 is 6.03 Å². The molecule has 0 aromatic heterocycles. The maximum Gasteiger partial charge on any atom is 0.319 e. The summed E-state index contributed by atoms with van der Waals surface area (Å²) in [5.74, 6) is -0.231. The van der Waals surface area contributed by atoms with Gasteiger partial charge in [-0.3, -0.25) is 10.2 Å². The number of rotatable bonds is 6. The highest BCUT2D eigenvalue weighted by Crippen LogP contribution is 2.17. The highest BCUT2D eigenvalue weighted by atomic mass is 16.2. The number of anilines is 1. The van der Waals surface area contributed by atoms with Crippen molar-refractivity contribution in [3.63, 3.8) is 0 Å². The van der Waals surface area contributed by atoms with Crippen LogP contribution in [0, 0.1) is 5.41 Å². The molecule has 0 saturated carbocycles. The summed E-state index contributed by atoms with van der Waals surface area (Å²) < 4.78 is 0. The second kappa shape index (κ2) is 8.66. The van der Waals surface area contributed by atoms with Gasteiger partial charge in [-0.15, -0.1) is 0 Å². The van der Waals surface area contributed by atoms with Gasteiger partial charge in [-0.1, -0.05) is 30.3 Å². The lowest BCUT2D eigenvalue weighted by molar-refractivity contribution is -0.130. The van der Waals surface area contributed by atoms with Crippen LogP contribution in [0.4, 0.5) is 10.5 Å². The SMILES string of the molecule is CC(c1ccccc1)N(C)C(=O)CNC(=O)Nc1ccc(C(=N)N)cc1. The van der Waals surface area contributed by atoms with Gasteiger partial charge in [0.2, 0.25) is 5.91 Å². The van der Waals surface area contributed by atoms with E-state index in [4.69, 9.17) is 11.1 Å². The standard InChI is InChI=1S/C19H23N5O2/c1-13(14-6-4-3-5-7-14)24(2)17(25)12-22-19(26)23-16-10-8-15(9-11-16)18(20)21/h3-11,13H,12H2,1-2H3,(H3,20,21)(H2,22,23,26). The van der Waals surface area contributed by atoms with Crippen LogP contribution in [-0.2, 0) is 4.79 Å². The summed E-state index contributed by atoms with van der Waals surface area (Å²) in [6.07, 6.45) is 0. The minimum atomic E-state index is -0.477. The Bertz CT molecular complexity index is 774. The van der Waals surface area contributed by atoms with Crippen molar-refractivity contribution in [3.05, 3.63) is 65.7 Å². The van der Waals surface area contributed by atoms with Crippen molar-refractivity contribution >= 4 is 23.5 Å². The van der Waals surface area contributed by atoms with Crippen molar-refractivity contribution in [2.24, 2.45) is 5.73 Å². The second-order valence-corrected chi connectivity index (χ2v) is 5.89. The molecule has 2 aromatic carbocycles. The first-order chi connectivity index (χ1) is 12.4. The molecular weight excluding hydrogens is 330 g/mol. The molecule has 0 fully saturated rings. The fraction of sp³-hybridized carbons (Fsp3) is 0.211. The van der Waals surface area contributed by atoms with E-state index in [9.17, 15) is 9.59 Å². The average Bonchev–Trinajstić information content (AvgIpc) is 2.66. The second-order valence-electron chi connectivity index (χ2n) is 5.89. The van der Waals surface area contributed by atoms with Crippen LogP contribution in [0.1, 0.15) is 24.1 Å². The Hall–Kier alpha value is -3.35. The lowest BCUT2D eigenvalue weighted by Gasteiger charge is -2.25. The van der Waals surface area contributed by atoms with Crippen LogP contribution in [0.5, 0.6) is 0 Å². The number of nitrogen functional groups attached to an aromatic ring is 1. The Morgan fingerprint density at radius 3 is 2.31 bits per heavy atom. The predicted octanol–water partition coefficient (Wildman–Crippen LogP) is 2.31. The maximum absolute atomic E-state index is 12.3. The molecule has 0 saturated heterocycles. The Morgan fingerprint density at radius 1 is 1.12 bits per heavy atom. The third-order valence-corrected chi connectivity index (χ3v) is 4.11. The smallest absolute Gasteiger partial charge is 0.319 e. The lowest BCUT2D eigenvalue weighted by Crippen LogP contribution is -2.40. The van der Waals surface area contributed by atoms with Gasteiger partial charge in [-0.2, -0.15) is 0 Å². The Morgan fingerprint density at radius 2 is 1.73 bits per heavy atom. The lowest BCUT2D eigenvalue weighted by atomic mass is 10.1. The van der Waals surface area contributed by atoms with Crippen LogP contribution in [0.25, 0.3) is 0 Å². The maximum atomic E-state index is 12.3. The number of nitrogens with zero attached hydrogens (tertiary/aromatic N) is 1. The van der Waals surface area contributed by atoms with Crippen molar-refractivity contribution in [1.29, 1.82) is 5.41 Å². The number of amidine groups is 1. The number of urea groups is 1. The summed E-state index contributed by atoms with van der Waals surface area (Å²) in [4.78, 5) is 25.8. The van der Waals surface area contributed by atoms with Gasteiger partial charge in [-0.25, -0.2) is 4.79 Å². The molecule has 1 unspecified atom stereocenters. The normalized spacial score (nSPS) is 11.3. The van der Waals surface area contributed by atoms with E-state index in [1.165, 1.54) is 0 Å². The first kappa shape index (κ1) is 19.0.